The quantitative estimate of drug-likeness (QED) is 0.880. The Morgan fingerprint density at radius 2 is 1.84 bits per heavy atom. The van der Waals surface area contributed by atoms with E-state index < -0.39 is 0 Å². The molecule has 1 aliphatic heterocycles. The van der Waals surface area contributed by atoms with Gasteiger partial charge in [0.1, 0.15) is 5.75 Å². The minimum atomic E-state index is -0.170. The molecule has 108 valence electrons. The average molecular weight is 266 g/mol. The summed E-state index contributed by atoms with van der Waals surface area (Å²) in [4.78, 5) is 2.19. The fourth-order valence-electron chi connectivity index (χ4n) is 2.27. The van der Waals surface area contributed by atoms with Crippen LogP contribution < -0.4 is 10.5 Å². The van der Waals surface area contributed by atoms with E-state index in [-0.39, 0.29) is 12.3 Å². The molecule has 0 spiro atoms. The van der Waals surface area contributed by atoms with Crippen molar-refractivity contribution in [3.63, 3.8) is 0 Å². The molecule has 2 rings (SSSR count). The lowest BCUT2D eigenvalue weighted by atomic mass is 10.0. The summed E-state index contributed by atoms with van der Waals surface area (Å²) in [7, 11) is 1.66. The van der Waals surface area contributed by atoms with Crippen molar-refractivity contribution in [2.45, 2.75) is 39.0 Å². The number of rotatable bonds is 3. The molecule has 19 heavy (non-hydrogen) atoms. The number of nitrogens with zero attached hydrogens (tertiary/aromatic N) is 1. The molecule has 1 atom stereocenters. The van der Waals surface area contributed by atoms with Crippen molar-refractivity contribution < 1.29 is 9.84 Å². The Morgan fingerprint density at radius 1 is 1.26 bits per heavy atom. The Bertz CT molecular complexity index is 363. The van der Waals surface area contributed by atoms with Gasteiger partial charge in [-0.2, -0.15) is 0 Å². The number of methoxy groups -OCH3 is 1. The highest BCUT2D eigenvalue weighted by Crippen LogP contribution is 2.27. The highest BCUT2D eigenvalue weighted by Gasteiger charge is 2.24. The molecular weight excluding hydrogens is 240 g/mol. The van der Waals surface area contributed by atoms with Gasteiger partial charge in [0.2, 0.25) is 0 Å². The lowest BCUT2D eigenvalue weighted by molar-refractivity contribution is 0.0612. The minimum Gasteiger partial charge on any atom is -0.496 e. The van der Waals surface area contributed by atoms with Crippen LogP contribution in [0.5, 0.6) is 5.75 Å². The van der Waals surface area contributed by atoms with Gasteiger partial charge in [-0.25, -0.2) is 0 Å². The third-order valence-corrected chi connectivity index (χ3v) is 3.35. The van der Waals surface area contributed by atoms with E-state index in [1.807, 2.05) is 38.1 Å². The van der Waals surface area contributed by atoms with Gasteiger partial charge in [0.05, 0.1) is 19.4 Å². The molecule has 1 aromatic rings. The van der Waals surface area contributed by atoms with Crippen LogP contribution >= 0.6 is 0 Å². The zero-order valence-corrected chi connectivity index (χ0v) is 12.2. The molecule has 1 aromatic carbocycles. The summed E-state index contributed by atoms with van der Waals surface area (Å²) < 4.78 is 5.32. The van der Waals surface area contributed by atoms with E-state index in [2.05, 4.69) is 4.90 Å². The maximum atomic E-state index is 9.49. The molecule has 0 aromatic heterocycles. The average Bonchev–Trinajstić information content (AvgIpc) is 2.49. The highest BCUT2D eigenvalue weighted by molar-refractivity contribution is 5.35. The molecule has 4 heteroatoms. The van der Waals surface area contributed by atoms with Crippen LogP contribution in [-0.4, -0.2) is 36.3 Å². The second-order valence-corrected chi connectivity index (χ2v) is 4.45. The Kier molecular flexibility index (Phi) is 6.84. The Morgan fingerprint density at radius 3 is 2.42 bits per heavy atom. The van der Waals surface area contributed by atoms with Gasteiger partial charge in [-0.3, -0.25) is 4.90 Å². The molecule has 1 aliphatic rings. The predicted molar refractivity (Wildman–Crippen MR) is 78.1 cm³/mol. The molecule has 1 saturated heterocycles. The van der Waals surface area contributed by atoms with Crippen LogP contribution in [0.15, 0.2) is 24.3 Å². The van der Waals surface area contributed by atoms with E-state index in [0.717, 1.165) is 37.2 Å². The lowest BCUT2D eigenvalue weighted by Gasteiger charge is -2.34. The van der Waals surface area contributed by atoms with Gasteiger partial charge in [0, 0.05) is 18.7 Å². The number of hydrogen-bond donors (Lipinski definition) is 2. The largest absolute Gasteiger partial charge is 0.496 e. The van der Waals surface area contributed by atoms with Crippen LogP contribution in [0.1, 0.15) is 38.4 Å². The third-order valence-electron chi connectivity index (χ3n) is 3.35. The second kappa shape index (κ2) is 8.15. The van der Waals surface area contributed by atoms with E-state index in [0.29, 0.717) is 0 Å². The van der Waals surface area contributed by atoms with Gasteiger partial charge in [0.25, 0.3) is 0 Å². The number of piperidine rings is 1. The van der Waals surface area contributed by atoms with Crippen LogP contribution in [-0.2, 0) is 0 Å². The lowest BCUT2D eigenvalue weighted by Crippen LogP contribution is -2.42. The standard InChI is InChI=1S/C13H20N2O2.C2H6/c1-17-12-5-3-2-4-11(12)13(14)15-8-6-10(16)7-9-15;1-2/h2-5,10,13,16H,6-9,14H2,1H3;1-2H3. The van der Waals surface area contributed by atoms with Gasteiger partial charge in [-0.05, 0) is 18.9 Å². The Labute approximate surface area is 116 Å². The normalized spacial score (nSPS) is 18.4. The first kappa shape index (κ1) is 16.0. The number of aliphatic hydroxyl groups excluding tert-OH is 1. The summed E-state index contributed by atoms with van der Waals surface area (Å²) in [5.74, 6) is 0.825. The molecule has 1 unspecified atom stereocenters. The van der Waals surface area contributed by atoms with Crippen LogP contribution in [0.3, 0.4) is 0 Å². The Hall–Kier alpha value is -1.10. The number of hydrogen-bond acceptors (Lipinski definition) is 4. The molecule has 0 radical (unpaired) electrons. The molecule has 0 saturated carbocycles. The minimum absolute atomic E-state index is 0.154. The SMILES string of the molecule is CC.COc1ccccc1C(N)N1CCC(O)CC1. The monoisotopic (exact) mass is 266 g/mol. The fourth-order valence-corrected chi connectivity index (χ4v) is 2.27. The summed E-state index contributed by atoms with van der Waals surface area (Å²) in [6.45, 7) is 5.67. The van der Waals surface area contributed by atoms with E-state index in [4.69, 9.17) is 10.5 Å². The first-order valence-corrected chi connectivity index (χ1v) is 7.03. The van der Waals surface area contributed by atoms with Gasteiger partial charge >= 0.3 is 0 Å². The molecular formula is C15H26N2O2. The summed E-state index contributed by atoms with van der Waals surface area (Å²) >= 11 is 0. The van der Waals surface area contributed by atoms with Crippen molar-refractivity contribution in [3.8, 4) is 5.75 Å². The smallest absolute Gasteiger partial charge is 0.124 e. The summed E-state index contributed by atoms with van der Waals surface area (Å²) in [5.41, 5.74) is 7.26. The predicted octanol–water partition coefficient (Wildman–Crippen LogP) is 2.14. The van der Waals surface area contributed by atoms with E-state index in [1.165, 1.54) is 0 Å². The van der Waals surface area contributed by atoms with Gasteiger partial charge in [-0.15, -0.1) is 0 Å². The zero-order chi connectivity index (χ0) is 14.3. The first-order chi connectivity index (χ1) is 9.22. The zero-order valence-electron chi connectivity index (χ0n) is 12.2. The van der Waals surface area contributed by atoms with Gasteiger partial charge in [-0.1, -0.05) is 32.0 Å². The molecule has 0 bridgehead atoms. The second-order valence-electron chi connectivity index (χ2n) is 4.45. The maximum absolute atomic E-state index is 9.49. The topological polar surface area (TPSA) is 58.7 Å². The van der Waals surface area contributed by atoms with Crippen molar-refractivity contribution in [1.82, 2.24) is 4.90 Å². The van der Waals surface area contributed by atoms with E-state index in [1.54, 1.807) is 7.11 Å². The van der Waals surface area contributed by atoms with Crippen LogP contribution in [0.4, 0.5) is 0 Å². The molecule has 0 aliphatic carbocycles. The molecule has 1 fully saturated rings. The van der Waals surface area contributed by atoms with Crippen LogP contribution in [0.2, 0.25) is 0 Å². The van der Waals surface area contributed by atoms with Crippen LogP contribution in [0.25, 0.3) is 0 Å². The number of aliphatic hydroxyl groups is 1. The molecule has 3 N–H and O–H groups in total. The third kappa shape index (κ3) is 4.20. The number of nitrogens with two attached hydrogens (primary N) is 1. The van der Waals surface area contributed by atoms with Crippen molar-refractivity contribution in [3.05, 3.63) is 29.8 Å². The van der Waals surface area contributed by atoms with E-state index in [9.17, 15) is 5.11 Å². The van der Waals surface area contributed by atoms with Gasteiger partial charge < -0.3 is 15.6 Å². The van der Waals surface area contributed by atoms with Crippen molar-refractivity contribution in [2.75, 3.05) is 20.2 Å². The summed E-state index contributed by atoms with van der Waals surface area (Å²) in [6, 6.07) is 7.83. The fraction of sp³-hybridized carbons (Fsp3) is 0.600. The van der Waals surface area contributed by atoms with E-state index >= 15 is 0 Å². The number of para-hydroxylation sites is 1. The Balaban J connectivity index is 0.000000861. The molecule has 4 nitrogen and oxygen atoms in total. The number of benzene rings is 1. The number of likely N-dealkylation sites (tertiary alicyclic amines) is 1. The molecule has 1 heterocycles. The highest BCUT2D eigenvalue weighted by atomic mass is 16.5. The summed E-state index contributed by atoms with van der Waals surface area (Å²) in [6.07, 6.45) is 1.26. The first-order valence-electron chi connectivity index (χ1n) is 7.03. The number of ether oxygens (including phenoxy) is 1. The van der Waals surface area contributed by atoms with Crippen molar-refractivity contribution in [1.29, 1.82) is 0 Å². The summed E-state index contributed by atoms with van der Waals surface area (Å²) in [5, 5.41) is 9.49. The van der Waals surface area contributed by atoms with Crippen molar-refractivity contribution >= 4 is 0 Å². The maximum Gasteiger partial charge on any atom is 0.124 e. The molecule has 0 amide bonds. The van der Waals surface area contributed by atoms with Crippen molar-refractivity contribution in [2.24, 2.45) is 5.73 Å². The van der Waals surface area contributed by atoms with Crippen LogP contribution in [0, 0.1) is 0 Å². The van der Waals surface area contributed by atoms with Gasteiger partial charge in [0.15, 0.2) is 0 Å².